The van der Waals surface area contributed by atoms with Crippen molar-refractivity contribution in [3.8, 4) is 0 Å². The van der Waals surface area contributed by atoms with Crippen molar-refractivity contribution in [1.29, 1.82) is 0 Å². The van der Waals surface area contributed by atoms with Gasteiger partial charge in [0.1, 0.15) is 4.99 Å². The first-order valence-electron chi connectivity index (χ1n) is 6.42. The topological polar surface area (TPSA) is 29.3 Å². The first-order chi connectivity index (χ1) is 8.59. The Hall–Kier alpha value is -0.610. The molecule has 1 aliphatic rings. The lowest BCUT2D eigenvalue weighted by atomic mass is 9.94. The minimum atomic E-state index is 0.439. The molecule has 1 aromatic carbocycles. The largest absolute Gasteiger partial charge is 0.389 e. The Labute approximate surface area is 123 Å². The standard InChI is InChI=1S/C14H19BrN2S/c1-17(10-5-3-2-4-6-10)11-7-8-12(14(16)18)13(15)9-11/h7-10H,2-6H2,1H3,(H2,16,18). The molecular formula is C14H19BrN2S. The molecule has 1 aromatic rings. The summed E-state index contributed by atoms with van der Waals surface area (Å²) in [6.45, 7) is 0. The summed E-state index contributed by atoms with van der Waals surface area (Å²) >= 11 is 8.56. The van der Waals surface area contributed by atoms with Crippen molar-refractivity contribution in [3.05, 3.63) is 28.2 Å². The molecule has 0 heterocycles. The van der Waals surface area contributed by atoms with Crippen LogP contribution >= 0.6 is 28.1 Å². The zero-order valence-corrected chi connectivity index (χ0v) is 13.1. The summed E-state index contributed by atoms with van der Waals surface area (Å²) in [5.74, 6) is 0. The van der Waals surface area contributed by atoms with Gasteiger partial charge in [0.25, 0.3) is 0 Å². The van der Waals surface area contributed by atoms with E-state index < -0.39 is 0 Å². The van der Waals surface area contributed by atoms with E-state index in [1.807, 2.05) is 6.07 Å². The van der Waals surface area contributed by atoms with Gasteiger partial charge in [0.15, 0.2) is 0 Å². The van der Waals surface area contributed by atoms with Crippen LogP contribution < -0.4 is 10.6 Å². The number of hydrogen-bond acceptors (Lipinski definition) is 2. The molecule has 18 heavy (non-hydrogen) atoms. The molecule has 0 spiro atoms. The fourth-order valence-electron chi connectivity index (χ4n) is 2.60. The van der Waals surface area contributed by atoms with Crippen molar-refractivity contribution in [3.63, 3.8) is 0 Å². The van der Waals surface area contributed by atoms with Gasteiger partial charge in [0, 0.05) is 28.8 Å². The zero-order valence-electron chi connectivity index (χ0n) is 10.7. The van der Waals surface area contributed by atoms with Gasteiger partial charge in [-0.3, -0.25) is 0 Å². The predicted octanol–water partition coefficient (Wildman–Crippen LogP) is 3.85. The molecule has 98 valence electrons. The van der Waals surface area contributed by atoms with Gasteiger partial charge in [0.05, 0.1) is 0 Å². The predicted molar refractivity (Wildman–Crippen MR) is 85.3 cm³/mol. The Morgan fingerprint density at radius 2 is 2.00 bits per heavy atom. The van der Waals surface area contributed by atoms with Gasteiger partial charge < -0.3 is 10.6 Å². The Kier molecular flexibility index (Phi) is 4.62. The maximum absolute atomic E-state index is 5.67. The van der Waals surface area contributed by atoms with E-state index in [4.69, 9.17) is 18.0 Å². The van der Waals surface area contributed by atoms with E-state index >= 15 is 0 Å². The second kappa shape index (κ2) is 6.02. The fraction of sp³-hybridized carbons (Fsp3) is 0.500. The number of thiocarbonyl (C=S) groups is 1. The Morgan fingerprint density at radius 3 is 2.56 bits per heavy atom. The smallest absolute Gasteiger partial charge is 0.105 e. The molecule has 2 nitrogen and oxygen atoms in total. The number of nitrogens with two attached hydrogens (primary N) is 1. The molecule has 2 N–H and O–H groups in total. The normalized spacial score (nSPS) is 16.6. The van der Waals surface area contributed by atoms with Gasteiger partial charge in [-0.05, 0) is 47.0 Å². The number of anilines is 1. The van der Waals surface area contributed by atoms with Gasteiger partial charge >= 0.3 is 0 Å². The van der Waals surface area contributed by atoms with Crippen LogP contribution in [0.5, 0.6) is 0 Å². The Morgan fingerprint density at radius 1 is 1.33 bits per heavy atom. The van der Waals surface area contributed by atoms with Gasteiger partial charge in [0.2, 0.25) is 0 Å². The first kappa shape index (κ1) is 13.8. The van der Waals surface area contributed by atoms with Crippen molar-refractivity contribution < 1.29 is 0 Å². The van der Waals surface area contributed by atoms with Crippen LogP contribution in [0.15, 0.2) is 22.7 Å². The van der Waals surface area contributed by atoms with Crippen molar-refractivity contribution in [2.24, 2.45) is 5.73 Å². The van der Waals surface area contributed by atoms with Gasteiger partial charge in [-0.25, -0.2) is 0 Å². The molecule has 0 radical (unpaired) electrons. The third-order valence-electron chi connectivity index (χ3n) is 3.75. The SMILES string of the molecule is CN(c1ccc(C(N)=S)c(Br)c1)C1CCCCC1. The monoisotopic (exact) mass is 326 g/mol. The maximum atomic E-state index is 5.67. The van der Waals surface area contributed by atoms with Crippen LogP contribution in [0, 0.1) is 0 Å². The number of halogens is 1. The molecule has 1 fully saturated rings. The highest BCUT2D eigenvalue weighted by Gasteiger charge is 2.18. The molecule has 0 saturated heterocycles. The lowest BCUT2D eigenvalue weighted by molar-refractivity contribution is 0.427. The van der Waals surface area contributed by atoms with Crippen LogP contribution in [0.2, 0.25) is 0 Å². The van der Waals surface area contributed by atoms with Gasteiger partial charge in [-0.15, -0.1) is 0 Å². The fourth-order valence-corrected chi connectivity index (χ4v) is 3.49. The third kappa shape index (κ3) is 3.04. The molecule has 1 aliphatic carbocycles. The van der Waals surface area contributed by atoms with Crippen molar-refractivity contribution in [2.75, 3.05) is 11.9 Å². The van der Waals surface area contributed by atoms with E-state index in [2.05, 4.69) is 40.0 Å². The summed E-state index contributed by atoms with van der Waals surface area (Å²) in [5.41, 5.74) is 7.81. The van der Waals surface area contributed by atoms with Crippen LogP contribution in [0.4, 0.5) is 5.69 Å². The van der Waals surface area contributed by atoms with E-state index in [-0.39, 0.29) is 0 Å². The second-order valence-corrected chi connectivity index (χ2v) is 6.23. The summed E-state index contributed by atoms with van der Waals surface area (Å²) in [5, 5.41) is 0. The summed E-state index contributed by atoms with van der Waals surface area (Å²) in [4.78, 5) is 2.82. The lowest BCUT2D eigenvalue weighted by Gasteiger charge is -2.33. The molecule has 0 unspecified atom stereocenters. The van der Waals surface area contributed by atoms with Gasteiger partial charge in [-0.1, -0.05) is 31.5 Å². The third-order valence-corrected chi connectivity index (χ3v) is 4.62. The van der Waals surface area contributed by atoms with E-state index in [9.17, 15) is 0 Å². The zero-order chi connectivity index (χ0) is 13.1. The summed E-state index contributed by atoms with van der Waals surface area (Å²) in [6, 6.07) is 6.89. The summed E-state index contributed by atoms with van der Waals surface area (Å²) in [7, 11) is 2.18. The van der Waals surface area contributed by atoms with Crippen LogP contribution in [0.25, 0.3) is 0 Å². The highest BCUT2D eigenvalue weighted by molar-refractivity contribution is 9.10. The highest BCUT2D eigenvalue weighted by Crippen LogP contribution is 2.29. The van der Waals surface area contributed by atoms with Crippen molar-refractivity contribution >= 4 is 38.8 Å². The second-order valence-electron chi connectivity index (χ2n) is 4.93. The van der Waals surface area contributed by atoms with Crippen LogP contribution in [0.3, 0.4) is 0 Å². The van der Waals surface area contributed by atoms with Gasteiger partial charge in [-0.2, -0.15) is 0 Å². The quantitative estimate of drug-likeness (QED) is 0.855. The molecule has 2 rings (SSSR count). The molecular weight excluding hydrogens is 308 g/mol. The highest BCUT2D eigenvalue weighted by atomic mass is 79.9. The molecule has 4 heteroatoms. The maximum Gasteiger partial charge on any atom is 0.105 e. The van der Waals surface area contributed by atoms with Crippen molar-refractivity contribution in [2.45, 2.75) is 38.1 Å². The molecule has 0 atom stereocenters. The molecule has 0 amide bonds. The molecule has 1 saturated carbocycles. The summed E-state index contributed by atoms with van der Waals surface area (Å²) < 4.78 is 0.982. The number of benzene rings is 1. The molecule has 0 aliphatic heterocycles. The number of hydrogen-bond donors (Lipinski definition) is 1. The van der Waals surface area contributed by atoms with E-state index in [1.165, 1.54) is 37.8 Å². The average Bonchev–Trinajstić information content (AvgIpc) is 2.38. The first-order valence-corrected chi connectivity index (χ1v) is 7.62. The minimum Gasteiger partial charge on any atom is -0.389 e. The number of rotatable bonds is 3. The molecule has 0 aromatic heterocycles. The average molecular weight is 327 g/mol. The lowest BCUT2D eigenvalue weighted by Crippen LogP contribution is -2.33. The Bertz CT molecular complexity index is 441. The van der Waals surface area contributed by atoms with Crippen LogP contribution in [-0.4, -0.2) is 18.1 Å². The molecule has 0 bridgehead atoms. The van der Waals surface area contributed by atoms with Crippen LogP contribution in [-0.2, 0) is 0 Å². The Balaban J connectivity index is 2.17. The summed E-state index contributed by atoms with van der Waals surface area (Å²) in [6.07, 6.45) is 6.67. The van der Waals surface area contributed by atoms with Crippen molar-refractivity contribution in [1.82, 2.24) is 0 Å². The minimum absolute atomic E-state index is 0.439. The van der Waals surface area contributed by atoms with E-state index in [1.54, 1.807) is 0 Å². The van der Waals surface area contributed by atoms with E-state index in [0.29, 0.717) is 11.0 Å². The number of nitrogens with zero attached hydrogens (tertiary/aromatic N) is 1. The van der Waals surface area contributed by atoms with E-state index in [0.717, 1.165) is 10.0 Å². The van der Waals surface area contributed by atoms with Crippen LogP contribution in [0.1, 0.15) is 37.7 Å².